The Balaban J connectivity index is 1.22. The van der Waals surface area contributed by atoms with Crippen LogP contribution in [0.3, 0.4) is 0 Å². The Bertz CT molecular complexity index is 2440. The lowest BCUT2D eigenvalue weighted by Crippen LogP contribution is -2.32. The first-order valence-corrected chi connectivity index (χ1v) is 16.2. The molecule has 0 bridgehead atoms. The van der Waals surface area contributed by atoms with Crippen molar-refractivity contribution < 1.29 is 4.57 Å². The topological polar surface area (TPSA) is 34.9 Å². The predicted octanol–water partition coefficient (Wildman–Crippen LogP) is 8.62. The van der Waals surface area contributed by atoms with Gasteiger partial charge in [0.15, 0.2) is 7.14 Å². The second-order valence-electron chi connectivity index (χ2n) is 11.2. The Hall–Kier alpha value is -5.24. The third-order valence-electron chi connectivity index (χ3n) is 8.76. The van der Waals surface area contributed by atoms with Crippen LogP contribution < -0.4 is 15.9 Å². The van der Waals surface area contributed by atoms with Crippen molar-refractivity contribution in [1.29, 1.82) is 0 Å². The summed E-state index contributed by atoms with van der Waals surface area (Å²) in [6.07, 6.45) is 0. The van der Waals surface area contributed by atoms with E-state index in [0.717, 1.165) is 49.4 Å². The molecular weight excluding hydrogens is 543 g/mol. The van der Waals surface area contributed by atoms with Gasteiger partial charge in [-0.1, -0.05) is 109 Å². The number of benzene rings is 7. The van der Waals surface area contributed by atoms with Crippen LogP contribution in [0.1, 0.15) is 0 Å². The van der Waals surface area contributed by atoms with Gasteiger partial charge in [0.2, 0.25) is 0 Å². The minimum Gasteiger partial charge on any atom is -0.308 e. The SMILES string of the molecule is O=P1(c2ccccc2)c2ccccc2-n2c(-c3ccc4cc(-c5ccc6ccccc6c5)ccc4c3)nc3cccc1c32. The number of fused-ring (bicyclic) bond motifs is 4. The third kappa shape index (κ3) is 3.56. The maximum absolute atomic E-state index is 15.2. The molecular formula is C39H25N2OP. The molecule has 4 heteroatoms. The minimum atomic E-state index is -3.09. The van der Waals surface area contributed by atoms with Crippen molar-refractivity contribution in [2.45, 2.75) is 0 Å². The summed E-state index contributed by atoms with van der Waals surface area (Å²) in [6, 6.07) is 52.3. The fraction of sp³-hybridized carbons (Fsp3) is 0. The van der Waals surface area contributed by atoms with Crippen molar-refractivity contribution in [2.75, 3.05) is 0 Å². The smallest absolute Gasteiger partial charge is 0.175 e. The van der Waals surface area contributed by atoms with E-state index in [4.69, 9.17) is 4.98 Å². The number of hydrogen-bond donors (Lipinski definition) is 0. The number of hydrogen-bond acceptors (Lipinski definition) is 2. The van der Waals surface area contributed by atoms with E-state index in [1.165, 1.54) is 27.3 Å². The number of imidazole rings is 1. The summed E-state index contributed by atoms with van der Waals surface area (Å²) in [7, 11) is -3.09. The lowest BCUT2D eigenvalue weighted by atomic mass is 9.98. The Kier molecular flexibility index (Phi) is 5.17. The molecule has 1 atom stereocenters. The van der Waals surface area contributed by atoms with E-state index in [1.807, 2.05) is 66.7 Å². The highest BCUT2D eigenvalue weighted by Crippen LogP contribution is 2.50. The van der Waals surface area contributed by atoms with Crippen molar-refractivity contribution in [3.05, 3.63) is 152 Å². The van der Waals surface area contributed by atoms with Gasteiger partial charge in [0.25, 0.3) is 0 Å². The summed E-state index contributed by atoms with van der Waals surface area (Å²) in [5.41, 5.74) is 6.14. The highest BCUT2D eigenvalue weighted by molar-refractivity contribution is 7.86. The van der Waals surface area contributed by atoms with Crippen molar-refractivity contribution in [2.24, 2.45) is 0 Å². The normalized spacial score (nSPS) is 15.6. The second-order valence-corrected chi connectivity index (χ2v) is 13.9. The maximum Gasteiger partial charge on any atom is 0.175 e. The lowest BCUT2D eigenvalue weighted by molar-refractivity contribution is 0.592. The molecule has 3 nitrogen and oxygen atoms in total. The van der Waals surface area contributed by atoms with E-state index in [1.54, 1.807) is 0 Å². The molecule has 43 heavy (non-hydrogen) atoms. The van der Waals surface area contributed by atoms with Gasteiger partial charge in [-0.25, -0.2) is 4.98 Å². The molecule has 0 amide bonds. The molecule has 202 valence electrons. The summed E-state index contributed by atoms with van der Waals surface area (Å²) < 4.78 is 17.4. The Morgan fingerprint density at radius 2 is 1.07 bits per heavy atom. The average molecular weight is 569 g/mol. The quantitative estimate of drug-likeness (QED) is 0.200. The van der Waals surface area contributed by atoms with Gasteiger partial charge in [-0.05, 0) is 75.1 Å². The zero-order valence-electron chi connectivity index (χ0n) is 23.2. The van der Waals surface area contributed by atoms with Crippen molar-refractivity contribution in [3.63, 3.8) is 0 Å². The van der Waals surface area contributed by atoms with Gasteiger partial charge >= 0.3 is 0 Å². The Morgan fingerprint density at radius 3 is 1.86 bits per heavy atom. The first-order chi connectivity index (χ1) is 21.2. The molecule has 2 heterocycles. The van der Waals surface area contributed by atoms with Crippen molar-refractivity contribution in [1.82, 2.24) is 9.55 Å². The molecule has 0 spiro atoms. The van der Waals surface area contributed by atoms with E-state index in [2.05, 4.69) is 89.5 Å². The molecule has 0 fully saturated rings. The summed E-state index contributed by atoms with van der Waals surface area (Å²) in [4.78, 5) is 5.16. The first-order valence-electron chi connectivity index (χ1n) is 14.5. The van der Waals surface area contributed by atoms with Gasteiger partial charge < -0.3 is 4.57 Å². The van der Waals surface area contributed by atoms with E-state index in [9.17, 15) is 0 Å². The van der Waals surface area contributed by atoms with Crippen LogP contribution in [0.4, 0.5) is 0 Å². The lowest BCUT2D eigenvalue weighted by Gasteiger charge is -2.29. The van der Waals surface area contributed by atoms with Crippen LogP contribution in [0.15, 0.2) is 152 Å². The van der Waals surface area contributed by atoms with E-state index in [-0.39, 0.29) is 0 Å². The zero-order chi connectivity index (χ0) is 28.5. The van der Waals surface area contributed by atoms with Crippen LogP contribution >= 0.6 is 7.14 Å². The molecule has 0 aliphatic carbocycles. The highest BCUT2D eigenvalue weighted by Gasteiger charge is 2.39. The number of aromatic nitrogens is 2. The number of para-hydroxylation sites is 2. The molecule has 7 aromatic carbocycles. The monoisotopic (exact) mass is 568 g/mol. The molecule has 0 saturated carbocycles. The largest absolute Gasteiger partial charge is 0.308 e. The van der Waals surface area contributed by atoms with Crippen LogP contribution in [0.25, 0.3) is 60.8 Å². The minimum absolute atomic E-state index is 0.842. The molecule has 8 aromatic rings. The Morgan fingerprint density at radius 1 is 0.488 bits per heavy atom. The molecule has 0 N–H and O–H groups in total. The van der Waals surface area contributed by atoms with Gasteiger partial charge in [-0.15, -0.1) is 0 Å². The standard InChI is InChI=1S/C39H25N2OP/c42-43(33-11-2-1-3-12-33)36-15-7-6-14-35(36)41-38-34(13-8-16-37(38)43)40-39(41)32-22-21-30-24-29(19-20-31(30)25-32)28-18-17-26-9-4-5-10-27(26)23-28/h1-25H. The van der Waals surface area contributed by atoms with Gasteiger partial charge in [-0.3, -0.25) is 4.57 Å². The summed E-state index contributed by atoms with van der Waals surface area (Å²) in [6.45, 7) is 0. The first kappa shape index (κ1) is 24.4. The van der Waals surface area contributed by atoms with Crippen LogP contribution in [0.2, 0.25) is 0 Å². The zero-order valence-corrected chi connectivity index (χ0v) is 24.1. The molecule has 0 saturated heterocycles. The van der Waals surface area contributed by atoms with E-state index in [0.29, 0.717) is 0 Å². The highest BCUT2D eigenvalue weighted by atomic mass is 31.2. The fourth-order valence-electron chi connectivity index (χ4n) is 6.69. The summed E-state index contributed by atoms with van der Waals surface area (Å²) in [5, 5.41) is 7.36. The van der Waals surface area contributed by atoms with Gasteiger partial charge in [0.1, 0.15) is 5.82 Å². The van der Waals surface area contributed by atoms with Crippen LogP contribution in [-0.2, 0) is 4.57 Å². The van der Waals surface area contributed by atoms with Crippen molar-refractivity contribution >= 4 is 55.6 Å². The summed E-state index contributed by atoms with van der Waals surface area (Å²) in [5.74, 6) is 0.856. The van der Waals surface area contributed by atoms with Crippen molar-refractivity contribution in [3.8, 4) is 28.2 Å². The van der Waals surface area contributed by atoms with Gasteiger partial charge in [0.05, 0.1) is 16.7 Å². The molecule has 9 rings (SSSR count). The molecule has 1 unspecified atom stereocenters. The number of nitrogens with zero attached hydrogens (tertiary/aromatic N) is 2. The average Bonchev–Trinajstić information content (AvgIpc) is 3.47. The maximum atomic E-state index is 15.2. The van der Waals surface area contributed by atoms with Crippen LogP contribution in [-0.4, -0.2) is 9.55 Å². The van der Waals surface area contributed by atoms with Gasteiger partial charge in [-0.2, -0.15) is 0 Å². The predicted molar refractivity (Wildman–Crippen MR) is 180 cm³/mol. The molecule has 0 radical (unpaired) electrons. The summed E-state index contributed by atoms with van der Waals surface area (Å²) >= 11 is 0. The van der Waals surface area contributed by atoms with Crippen LogP contribution in [0, 0.1) is 0 Å². The van der Waals surface area contributed by atoms with Gasteiger partial charge in [0, 0.05) is 21.5 Å². The molecule has 1 aromatic heterocycles. The van der Waals surface area contributed by atoms with Crippen LogP contribution in [0.5, 0.6) is 0 Å². The second kappa shape index (κ2) is 9.13. The fourth-order valence-corrected chi connectivity index (χ4v) is 9.70. The van der Waals surface area contributed by atoms with E-state index >= 15 is 4.57 Å². The number of rotatable bonds is 3. The Labute approximate surface area is 249 Å². The van der Waals surface area contributed by atoms with E-state index < -0.39 is 7.14 Å². The molecule has 1 aliphatic heterocycles. The molecule has 1 aliphatic rings. The third-order valence-corrected chi connectivity index (χ3v) is 11.9.